The van der Waals surface area contributed by atoms with Crippen molar-refractivity contribution in [3.8, 4) is 0 Å². The Morgan fingerprint density at radius 2 is 0.957 bits per heavy atom. The second kappa shape index (κ2) is 18.2. The van der Waals surface area contributed by atoms with Crippen LogP contribution in [0.5, 0.6) is 0 Å². The summed E-state index contributed by atoms with van der Waals surface area (Å²) in [7, 11) is 0. The molecule has 1 atom stereocenters. The van der Waals surface area contributed by atoms with Crippen LogP contribution in [0, 0.1) is 5.92 Å². The Balaban J connectivity index is 3.04. The van der Waals surface area contributed by atoms with E-state index in [1.807, 2.05) is 6.92 Å². The fourth-order valence-electron chi connectivity index (χ4n) is 3.12. The van der Waals surface area contributed by atoms with Gasteiger partial charge in [-0.25, -0.2) is 0 Å². The van der Waals surface area contributed by atoms with Crippen LogP contribution in [0.3, 0.4) is 0 Å². The molecule has 0 saturated carbocycles. The molecule has 0 N–H and O–H groups in total. The first-order valence-corrected chi connectivity index (χ1v) is 10.8. The molecule has 0 aromatic heterocycles. The third-order valence-corrected chi connectivity index (χ3v) is 5.30. The van der Waals surface area contributed by atoms with Crippen molar-refractivity contribution < 1.29 is 4.79 Å². The molecule has 0 aromatic carbocycles. The largest absolute Gasteiger partial charge is 0.742 e. The summed E-state index contributed by atoms with van der Waals surface area (Å²) in [4.78, 5) is 10.9. The topological polar surface area (TPSA) is 17.1 Å². The molecule has 0 radical (unpaired) electrons. The lowest BCUT2D eigenvalue weighted by Crippen LogP contribution is -2.06. The van der Waals surface area contributed by atoms with Crippen LogP contribution in [0.4, 0.5) is 0 Å². The minimum absolute atomic E-state index is 0.0639. The standard InChI is InChI=1S/C21H42OS/c1-3-4-5-6-7-8-9-10-11-12-13-14-15-16-17-18-19-20(2)21(22)23/h20H,3-19H2,1-2H3,(H,22,23)/p-1. The quantitative estimate of drug-likeness (QED) is 0.191. The first-order chi connectivity index (χ1) is 11.2. The van der Waals surface area contributed by atoms with Gasteiger partial charge in [0.05, 0.1) is 0 Å². The summed E-state index contributed by atoms with van der Waals surface area (Å²) >= 11 is 4.67. The molecule has 0 aromatic rings. The predicted molar refractivity (Wildman–Crippen MR) is 106 cm³/mol. The molecule has 0 rings (SSSR count). The number of rotatable bonds is 18. The van der Waals surface area contributed by atoms with Crippen molar-refractivity contribution in [1.29, 1.82) is 0 Å². The summed E-state index contributed by atoms with van der Waals surface area (Å²) in [5.41, 5.74) is 0. The molecular weight excluding hydrogens is 300 g/mol. The molecule has 0 fully saturated rings. The number of carbonyl (C=O) groups is 1. The average molecular weight is 342 g/mol. The second-order valence-corrected chi connectivity index (χ2v) is 7.71. The van der Waals surface area contributed by atoms with Crippen LogP contribution < -0.4 is 0 Å². The maximum atomic E-state index is 10.9. The number of carbonyl (C=O) groups excluding carboxylic acids is 1. The summed E-state index contributed by atoms with van der Waals surface area (Å²) in [6, 6.07) is 0. The monoisotopic (exact) mass is 341 g/mol. The van der Waals surface area contributed by atoms with Gasteiger partial charge in [-0.1, -0.05) is 117 Å². The summed E-state index contributed by atoms with van der Waals surface area (Å²) in [5.74, 6) is 0.0941. The maximum Gasteiger partial charge on any atom is 0.0148 e. The minimum atomic E-state index is -0.0639. The van der Waals surface area contributed by atoms with Crippen LogP contribution in [-0.2, 0) is 17.4 Å². The third-order valence-electron chi connectivity index (χ3n) is 4.89. The summed E-state index contributed by atoms with van der Waals surface area (Å²) in [6.07, 6.45) is 23.3. The average Bonchev–Trinajstić information content (AvgIpc) is 2.54. The molecule has 0 heterocycles. The summed E-state index contributed by atoms with van der Waals surface area (Å²) in [6.45, 7) is 4.24. The van der Waals surface area contributed by atoms with Gasteiger partial charge in [-0.2, -0.15) is 0 Å². The first-order valence-electron chi connectivity index (χ1n) is 10.4. The molecule has 0 aliphatic heterocycles. The molecule has 0 aliphatic rings. The zero-order chi connectivity index (χ0) is 17.2. The molecular formula is C21H41OS-. The Hall–Kier alpha value is -0.110. The van der Waals surface area contributed by atoms with E-state index in [9.17, 15) is 4.79 Å². The number of hydrogen-bond acceptors (Lipinski definition) is 2. The van der Waals surface area contributed by atoms with Crippen LogP contribution in [0.25, 0.3) is 0 Å². The van der Waals surface area contributed by atoms with Gasteiger partial charge in [0.2, 0.25) is 0 Å². The van der Waals surface area contributed by atoms with Gasteiger partial charge in [-0.3, -0.25) is 0 Å². The molecule has 23 heavy (non-hydrogen) atoms. The number of hydrogen-bond donors (Lipinski definition) is 0. The van der Waals surface area contributed by atoms with Crippen LogP contribution in [0.1, 0.15) is 123 Å². The normalized spacial score (nSPS) is 12.4. The van der Waals surface area contributed by atoms with Crippen molar-refractivity contribution in [2.75, 3.05) is 0 Å². The Labute approximate surface area is 151 Å². The van der Waals surface area contributed by atoms with Gasteiger partial charge in [0, 0.05) is 5.12 Å². The van der Waals surface area contributed by atoms with E-state index in [0.717, 1.165) is 6.42 Å². The van der Waals surface area contributed by atoms with Gasteiger partial charge in [0.1, 0.15) is 0 Å². The van der Waals surface area contributed by atoms with Crippen LogP contribution in [-0.4, -0.2) is 5.12 Å². The molecule has 0 spiro atoms. The van der Waals surface area contributed by atoms with E-state index >= 15 is 0 Å². The molecule has 0 bridgehead atoms. The smallest absolute Gasteiger partial charge is 0.0148 e. The van der Waals surface area contributed by atoms with Crippen LogP contribution >= 0.6 is 0 Å². The third kappa shape index (κ3) is 18.1. The lowest BCUT2D eigenvalue weighted by molar-refractivity contribution is -0.114. The SMILES string of the molecule is CCCCCCCCCCCCCCCCCCC(C)C(=O)[S-]. The summed E-state index contributed by atoms with van der Waals surface area (Å²) < 4.78 is 0. The van der Waals surface area contributed by atoms with E-state index in [2.05, 4.69) is 19.6 Å². The molecule has 0 amide bonds. The maximum absolute atomic E-state index is 10.9. The molecule has 2 heteroatoms. The van der Waals surface area contributed by atoms with Gasteiger partial charge in [0.15, 0.2) is 0 Å². The zero-order valence-electron chi connectivity index (χ0n) is 15.9. The minimum Gasteiger partial charge on any atom is -0.742 e. The van der Waals surface area contributed by atoms with Crippen molar-refractivity contribution in [3.05, 3.63) is 0 Å². The van der Waals surface area contributed by atoms with Crippen molar-refractivity contribution in [3.63, 3.8) is 0 Å². The van der Waals surface area contributed by atoms with E-state index in [1.165, 1.54) is 103 Å². The van der Waals surface area contributed by atoms with Crippen LogP contribution in [0.15, 0.2) is 0 Å². The molecule has 1 unspecified atom stereocenters. The Morgan fingerprint density at radius 3 is 1.26 bits per heavy atom. The molecule has 0 aliphatic carbocycles. The van der Waals surface area contributed by atoms with Gasteiger partial charge in [0.25, 0.3) is 0 Å². The van der Waals surface area contributed by atoms with Gasteiger partial charge in [-0.15, -0.1) is 0 Å². The molecule has 138 valence electrons. The Kier molecular flexibility index (Phi) is 18.1. The van der Waals surface area contributed by atoms with Crippen molar-refractivity contribution in [2.45, 2.75) is 123 Å². The summed E-state index contributed by atoms with van der Waals surface area (Å²) in [5, 5.41) is -0.0639. The first kappa shape index (κ1) is 22.9. The van der Waals surface area contributed by atoms with Crippen molar-refractivity contribution in [2.24, 2.45) is 5.92 Å². The second-order valence-electron chi connectivity index (χ2n) is 7.31. The van der Waals surface area contributed by atoms with E-state index in [1.54, 1.807) is 0 Å². The lowest BCUT2D eigenvalue weighted by atomic mass is 10.0. The highest BCUT2D eigenvalue weighted by atomic mass is 32.1. The molecule has 0 saturated heterocycles. The van der Waals surface area contributed by atoms with Gasteiger partial charge < -0.3 is 17.4 Å². The van der Waals surface area contributed by atoms with Crippen LogP contribution in [0.2, 0.25) is 0 Å². The fraction of sp³-hybridized carbons (Fsp3) is 0.952. The number of unbranched alkanes of at least 4 members (excludes halogenated alkanes) is 15. The highest BCUT2D eigenvalue weighted by Crippen LogP contribution is 2.15. The van der Waals surface area contributed by atoms with E-state index in [4.69, 9.17) is 0 Å². The highest BCUT2D eigenvalue weighted by Gasteiger charge is 2.01. The lowest BCUT2D eigenvalue weighted by Gasteiger charge is -2.13. The zero-order valence-corrected chi connectivity index (χ0v) is 16.7. The van der Waals surface area contributed by atoms with E-state index < -0.39 is 0 Å². The van der Waals surface area contributed by atoms with Gasteiger partial charge in [-0.05, 0) is 12.3 Å². The highest BCUT2D eigenvalue weighted by molar-refractivity contribution is 7.77. The fourth-order valence-corrected chi connectivity index (χ4v) is 3.23. The van der Waals surface area contributed by atoms with E-state index in [0.29, 0.717) is 0 Å². The van der Waals surface area contributed by atoms with Crippen molar-refractivity contribution in [1.82, 2.24) is 0 Å². The van der Waals surface area contributed by atoms with Crippen molar-refractivity contribution >= 4 is 17.7 Å². The Bertz CT molecular complexity index is 252. The van der Waals surface area contributed by atoms with E-state index in [-0.39, 0.29) is 11.0 Å². The Morgan fingerprint density at radius 1 is 0.652 bits per heavy atom. The van der Waals surface area contributed by atoms with Gasteiger partial charge >= 0.3 is 0 Å². The predicted octanol–water partition coefficient (Wildman–Crippen LogP) is 7.35. The molecule has 1 nitrogen and oxygen atoms in total.